The SMILES string of the molecule is O=C(Nc1cccc(Cl)c1Cl)c1cnc(NCc2ccco2)nc1. The van der Waals surface area contributed by atoms with E-state index in [0.717, 1.165) is 5.76 Å². The maximum Gasteiger partial charge on any atom is 0.258 e. The van der Waals surface area contributed by atoms with E-state index < -0.39 is 0 Å². The second-order valence-corrected chi connectivity index (χ2v) is 5.57. The Morgan fingerprint density at radius 1 is 1.12 bits per heavy atom. The Hall–Kier alpha value is -2.57. The number of hydrogen-bond donors (Lipinski definition) is 2. The highest BCUT2D eigenvalue weighted by Crippen LogP contribution is 2.29. The lowest BCUT2D eigenvalue weighted by molar-refractivity contribution is 0.102. The van der Waals surface area contributed by atoms with Crippen LogP contribution in [0, 0.1) is 0 Å². The molecule has 0 saturated carbocycles. The highest BCUT2D eigenvalue weighted by molar-refractivity contribution is 6.44. The zero-order valence-electron chi connectivity index (χ0n) is 12.3. The molecule has 122 valence electrons. The molecule has 6 nitrogen and oxygen atoms in total. The van der Waals surface area contributed by atoms with Gasteiger partial charge in [0.1, 0.15) is 5.76 Å². The van der Waals surface area contributed by atoms with E-state index in [-0.39, 0.29) is 10.9 Å². The monoisotopic (exact) mass is 362 g/mol. The molecule has 2 heterocycles. The molecule has 0 spiro atoms. The van der Waals surface area contributed by atoms with E-state index in [1.165, 1.54) is 12.4 Å². The summed E-state index contributed by atoms with van der Waals surface area (Å²) in [6.45, 7) is 0.455. The first kappa shape index (κ1) is 16.3. The third-order valence-electron chi connectivity index (χ3n) is 3.11. The minimum Gasteiger partial charge on any atom is -0.467 e. The number of carbonyl (C=O) groups is 1. The highest BCUT2D eigenvalue weighted by Gasteiger charge is 2.11. The van der Waals surface area contributed by atoms with Gasteiger partial charge in [-0.2, -0.15) is 0 Å². The topological polar surface area (TPSA) is 80.0 Å². The van der Waals surface area contributed by atoms with Crippen molar-refractivity contribution in [3.05, 3.63) is 70.4 Å². The van der Waals surface area contributed by atoms with E-state index in [2.05, 4.69) is 20.6 Å². The van der Waals surface area contributed by atoms with Gasteiger partial charge in [0.15, 0.2) is 0 Å². The third-order valence-corrected chi connectivity index (χ3v) is 3.93. The normalized spacial score (nSPS) is 10.4. The van der Waals surface area contributed by atoms with Crippen molar-refractivity contribution in [3.63, 3.8) is 0 Å². The van der Waals surface area contributed by atoms with Gasteiger partial charge in [0.2, 0.25) is 5.95 Å². The van der Waals surface area contributed by atoms with Crippen molar-refractivity contribution in [1.82, 2.24) is 9.97 Å². The van der Waals surface area contributed by atoms with Gasteiger partial charge in [-0.25, -0.2) is 9.97 Å². The quantitative estimate of drug-likeness (QED) is 0.709. The van der Waals surface area contributed by atoms with Gasteiger partial charge in [-0.05, 0) is 24.3 Å². The molecule has 0 unspecified atom stereocenters. The minimum atomic E-state index is -0.378. The Labute approximate surface area is 147 Å². The number of nitrogens with one attached hydrogen (secondary N) is 2. The number of rotatable bonds is 5. The predicted molar refractivity (Wildman–Crippen MR) is 92.5 cm³/mol. The van der Waals surface area contributed by atoms with Gasteiger partial charge in [0.05, 0.1) is 34.1 Å². The second-order valence-electron chi connectivity index (χ2n) is 4.78. The number of nitrogens with zero attached hydrogens (tertiary/aromatic N) is 2. The molecule has 0 atom stereocenters. The van der Waals surface area contributed by atoms with Crippen molar-refractivity contribution in [2.45, 2.75) is 6.54 Å². The van der Waals surface area contributed by atoms with Gasteiger partial charge >= 0.3 is 0 Å². The van der Waals surface area contributed by atoms with Crippen LogP contribution in [0.25, 0.3) is 0 Å². The van der Waals surface area contributed by atoms with E-state index in [9.17, 15) is 4.79 Å². The maximum absolute atomic E-state index is 12.2. The van der Waals surface area contributed by atoms with E-state index >= 15 is 0 Å². The van der Waals surface area contributed by atoms with Crippen LogP contribution in [0.5, 0.6) is 0 Å². The predicted octanol–water partition coefficient (Wildman–Crippen LogP) is 4.24. The number of halogens is 2. The average Bonchev–Trinajstić information content (AvgIpc) is 3.11. The molecule has 2 aromatic heterocycles. The molecule has 2 N–H and O–H groups in total. The van der Waals surface area contributed by atoms with Crippen molar-refractivity contribution in [3.8, 4) is 0 Å². The molecular weight excluding hydrogens is 351 g/mol. The fourth-order valence-corrected chi connectivity index (χ4v) is 2.26. The first-order valence-corrected chi connectivity index (χ1v) is 7.73. The zero-order chi connectivity index (χ0) is 16.9. The molecule has 0 saturated heterocycles. The van der Waals surface area contributed by atoms with E-state index in [0.29, 0.717) is 28.8 Å². The van der Waals surface area contributed by atoms with Gasteiger partial charge < -0.3 is 15.1 Å². The molecule has 0 fully saturated rings. The summed E-state index contributed by atoms with van der Waals surface area (Å²) in [5, 5.41) is 6.31. The van der Waals surface area contributed by atoms with Crippen LogP contribution in [0.4, 0.5) is 11.6 Å². The van der Waals surface area contributed by atoms with Crippen LogP contribution in [0.3, 0.4) is 0 Å². The van der Waals surface area contributed by atoms with Gasteiger partial charge in [-0.1, -0.05) is 29.3 Å². The summed E-state index contributed by atoms with van der Waals surface area (Å²) in [5.74, 6) is 0.775. The van der Waals surface area contributed by atoms with Crippen molar-refractivity contribution in [2.75, 3.05) is 10.6 Å². The van der Waals surface area contributed by atoms with Crippen molar-refractivity contribution in [2.24, 2.45) is 0 Å². The number of aromatic nitrogens is 2. The van der Waals surface area contributed by atoms with Crippen molar-refractivity contribution >= 4 is 40.7 Å². The third kappa shape index (κ3) is 3.84. The molecule has 0 aliphatic rings. The fraction of sp³-hybridized carbons (Fsp3) is 0.0625. The first-order chi connectivity index (χ1) is 11.6. The fourth-order valence-electron chi connectivity index (χ4n) is 1.91. The van der Waals surface area contributed by atoms with Crippen LogP contribution in [0.1, 0.15) is 16.1 Å². The van der Waals surface area contributed by atoms with Gasteiger partial charge in [-0.15, -0.1) is 0 Å². The summed E-state index contributed by atoms with van der Waals surface area (Å²) in [6, 6.07) is 8.63. The van der Waals surface area contributed by atoms with Crippen LogP contribution >= 0.6 is 23.2 Å². The number of amides is 1. The number of anilines is 2. The van der Waals surface area contributed by atoms with Crippen molar-refractivity contribution in [1.29, 1.82) is 0 Å². The number of hydrogen-bond acceptors (Lipinski definition) is 5. The summed E-state index contributed by atoms with van der Waals surface area (Å²) in [6.07, 6.45) is 4.43. The van der Waals surface area contributed by atoms with Crippen LogP contribution in [0.15, 0.2) is 53.4 Å². The molecule has 0 radical (unpaired) electrons. The molecule has 1 aromatic carbocycles. The number of carbonyl (C=O) groups excluding carboxylic acids is 1. The molecular formula is C16H12Cl2N4O2. The molecule has 3 aromatic rings. The Kier molecular flexibility index (Phi) is 4.98. The Morgan fingerprint density at radius 3 is 2.62 bits per heavy atom. The lowest BCUT2D eigenvalue weighted by Gasteiger charge is -2.08. The van der Waals surface area contributed by atoms with Crippen LogP contribution in [0.2, 0.25) is 10.0 Å². The van der Waals surface area contributed by atoms with Crippen LogP contribution < -0.4 is 10.6 Å². The Balaban J connectivity index is 1.64. The molecule has 1 amide bonds. The van der Waals surface area contributed by atoms with Gasteiger partial charge in [0, 0.05) is 12.4 Å². The maximum atomic E-state index is 12.2. The molecule has 0 bridgehead atoms. The molecule has 24 heavy (non-hydrogen) atoms. The molecule has 0 aliphatic heterocycles. The smallest absolute Gasteiger partial charge is 0.258 e. The molecule has 8 heteroatoms. The lowest BCUT2D eigenvalue weighted by Crippen LogP contribution is -2.13. The molecule has 0 aliphatic carbocycles. The first-order valence-electron chi connectivity index (χ1n) is 6.97. The van der Waals surface area contributed by atoms with E-state index in [4.69, 9.17) is 27.6 Å². The zero-order valence-corrected chi connectivity index (χ0v) is 13.8. The Bertz CT molecular complexity index is 836. The molecule has 3 rings (SSSR count). The van der Waals surface area contributed by atoms with E-state index in [1.807, 2.05) is 6.07 Å². The summed E-state index contributed by atoms with van der Waals surface area (Å²) in [7, 11) is 0. The van der Waals surface area contributed by atoms with E-state index in [1.54, 1.807) is 30.5 Å². The van der Waals surface area contributed by atoms with Crippen molar-refractivity contribution < 1.29 is 9.21 Å². The van der Waals surface area contributed by atoms with Crippen LogP contribution in [-0.4, -0.2) is 15.9 Å². The van der Waals surface area contributed by atoms with Gasteiger partial charge in [-0.3, -0.25) is 4.79 Å². The number of benzene rings is 1. The highest BCUT2D eigenvalue weighted by atomic mass is 35.5. The Morgan fingerprint density at radius 2 is 1.92 bits per heavy atom. The summed E-state index contributed by atoms with van der Waals surface area (Å²) in [4.78, 5) is 20.4. The summed E-state index contributed by atoms with van der Waals surface area (Å²) in [5.41, 5.74) is 0.726. The number of furan rings is 1. The summed E-state index contributed by atoms with van der Waals surface area (Å²) >= 11 is 12.0. The van der Waals surface area contributed by atoms with Gasteiger partial charge in [0.25, 0.3) is 5.91 Å². The largest absolute Gasteiger partial charge is 0.467 e. The minimum absolute atomic E-state index is 0.283. The standard InChI is InChI=1S/C16H12Cl2N4O2/c17-12-4-1-5-13(14(12)18)22-15(23)10-7-19-16(20-8-10)21-9-11-3-2-6-24-11/h1-8H,9H2,(H,22,23)(H,19,20,21). The van der Waals surface area contributed by atoms with Crippen LogP contribution in [-0.2, 0) is 6.54 Å². The lowest BCUT2D eigenvalue weighted by atomic mass is 10.2. The summed E-state index contributed by atoms with van der Waals surface area (Å²) < 4.78 is 5.20. The average molecular weight is 363 g/mol. The second kappa shape index (κ2) is 7.33.